The predicted octanol–water partition coefficient (Wildman–Crippen LogP) is 3.06. The molecule has 0 spiro atoms. The van der Waals surface area contributed by atoms with Gasteiger partial charge in [0, 0.05) is 23.0 Å². The molecule has 0 atom stereocenters. The van der Waals surface area contributed by atoms with Gasteiger partial charge in [0.2, 0.25) is 6.79 Å². The maximum atomic E-state index is 13.0. The predicted molar refractivity (Wildman–Crippen MR) is 102 cm³/mol. The zero-order valence-electron chi connectivity index (χ0n) is 15.8. The third kappa shape index (κ3) is 4.39. The lowest BCUT2D eigenvalue weighted by Gasteiger charge is -2.26. The zero-order valence-corrected chi connectivity index (χ0v) is 16.6. The molecular weight excluding hydrogens is 366 g/mol. The van der Waals surface area contributed by atoms with E-state index in [-0.39, 0.29) is 30.7 Å². The van der Waals surface area contributed by atoms with Gasteiger partial charge in [-0.25, -0.2) is 4.98 Å². The second-order valence-electron chi connectivity index (χ2n) is 6.85. The lowest BCUT2D eigenvalue weighted by Crippen LogP contribution is -2.36. The van der Waals surface area contributed by atoms with Crippen molar-refractivity contribution in [1.82, 2.24) is 15.2 Å². The molecule has 0 saturated carbocycles. The van der Waals surface area contributed by atoms with Crippen molar-refractivity contribution >= 4 is 23.2 Å². The lowest BCUT2D eigenvalue weighted by molar-refractivity contribution is 0.0689. The Kier molecular flexibility index (Phi) is 5.65. The van der Waals surface area contributed by atoms with Crippen molar-refractivity contribution in [2.24, 2.45) is 0 Å². The third-order valence-electron chi connectivity index (χ3n) is 4.01. The molecule has 1 aromatic carbocycles. The standard InChI is InChI=1S/C19H23N3O4S/c1-11(2)20-18(23)14-9-27-17(21-14)8-22(12(3)4)19(24)13-5-6-15-16(7-13)26-10-25-15/h5-7,9,11-12H,8,10H2,1-4H3,(H,20,23). The van der Waals surface area contributed by atoms with Gasteiger partial charge in [-0.1, -0.05) is 0 Å². The van der Waals surface area contributed by atoms with Gasteiger partial charge in [-0.15, -0.1) is 11.3 Å². The Balaban J connectivity index is 1.75. The molecule has 0 fully saturated rings. The molecular formula is C19H23N3O4S. The van der Waals surface area contributed by atoms with Crippen molar-refractivity contribution < 1.29 is 19.1 Å². The Morgan fingerprint density at radius 1 is 1.22 bits per heavy atom. The summed E-state index contributed by atoms with van der Waals surface area (Å²) < 4.78 is 10.7. The van der Waals surface area contributed by atoms with Gasteiger partial charge in [-0.3, -0.25) is 9.59 Å². The van der Waals surface area contributed by atoms with Crippen molar-refractivity contribution in [1.29, 1.82) is 0 Å². The van der Waals surface area contributed by atoms with Gasteiger partial charge in [0.1, 0.15) is 10.7 Å². The molecule has 2 aromatic rings. The summed E-state index contributed by atoms with van der Waals surface area (Å²) in [7, 11) is 0. The fourth-order valence-corrected chi connectivity index (χ4v) is 3.43. The van der Waals surface area contributed by atoms with Crippen molar-refractivity contribution in [2.45, 2.75) is 46.3 Å². The molecule has 3 rings (SSSR count). The summed E-state index contributed by atoms with van der Waals surface area (Å²) in [5.41, 5.74) is 0.908. The molecule has 1 aliphatic heterocycles. The average Bonchev–Trinajstić information content (AvgIpc) is 3.26. The van der Waals surface area contributed by atoms with E-state index in [1.54, 1.807) is 28.5 Å². The minimum absolute atomic E-state index is 0.0280. The highest BCUT2D eigenvalue weighted by Crippen LogP contribution is 2.33. The topological polar surface area (TPSA) is 80.8 Å². The van der Waals surface area contributed by atoms with Gasteiger partial charge in [0.15, 0.2) is 11.5 Å². The maximum absolute atomic E-state index is 13.0. The van der Waals surface area contributed by atoms with Crippen LogP contribution >= 0.6 is 11.3 Å². The zero-order chi connectivity index (χ0) is 19.6. The summed E-state index contributed by atoms with van der Waals surface area (Å²) >= 11 is 1.37. The van der Waals surface area contributed by atoms with Crippen LogP contribution in [-0.2, 0) is 6.54 Å². The summed E-state index contributed by atoms with van der Waals surface area (Å²) in [4.78, 5) is 31.2. The molecule has 0 saturated heterocycles. The molecule has 0 aliphatic carbocycles. The van der Waals surface area contributed by atoms with E-state index in [2.05, 4.69) is 10.3 Å². The Morgan fingerprint density at radius 2 is 1.96 bits per heavy atom. The van der Waals surface area contributed by atoms with E-state index >= 15 is 0 Å². The SMILES string of the molecule is CC(C)NC(=O)c1csc(CN(C(=O)c2ccc3c(c2)OCO3)C(C)C)n1. The first-order valence-electron chi connectivity index (χ1n) is 8.81. The van der Waals surface area contributed by atoms with E-state index in [4.69, 9.17) is 9.47 Å². The Bertz CT molecular complexity index is 847. The van der Waals surface area contributed by atoms with Crippen LogP contribution in [0, 0.1) is 0 Å². The third-order valence-corrected chi connectivity index (χ3v) is 4.85. The van der Waals surface area contributed by atoms with E-state index in [1.165, 1.54) is 11.3 Å². The average molecular weight is 389 g/mol. The van der Waals surface area contributed by atoms with Crippen molar-refractivity contribution in [2.75, 3.05) is 6.79 Å². The molecule has 8 heteroatoms. The number of hydrogen-bond acceptors (Lipinski definition) is 6. The van der Waals surface area contributed by atoms with Crippen LogP contribution in [0.25, 0.3) is 0 Å². The van der Waals surface area contributed by atoms with E-state index in [9.17, 15) is 9.59 Å². The minimum atomic E-state index is -0.203. The minimum Gasteiger partial charge on any atom is -0.454 e. The fraction of sp³-hybridized carbons (Fsp3) is 0.421. The molecule has 1 N–H and O–H groups in total. The number of aromatic nitrogens is 1. The number of thiazole rings is 1. The van der Waals surface area contributed by atoms with E-state index in [0.29, 0.717) is 34.3 Å². The highest BCUT2D eigenvalue weighted by molar-refractivity contribution is 7.09. The van der Waals surface area contributed by atoms with Gasteiger partial charge >= 0.3 is 0 Å². The normalized spacial score (nSPS) is 12.5. The van der Waals surface area contributed by atoms with Crippen molar-refractivity contribution in [3.05, 3.63) is 39.8 Å². The van der Waals surface area contributed by atoms with Crippen LogP contribution in [0.5, 0.6) is 11.5 Å². The molecule has 0 bridgehead atoms. The summed E-state index contributed by atoms with van der Waals surface area (Å²) in [6.07, 6.45) is 0. The number of rotatable bonds is 6. The molecule has 27 heavy (non-hydrogen) atoms. The van der Waals surface area contributed by atoms with Crippen LogP contribution in [0.15, 0.2) is 23.6 Å². The number of fused-ring (bicyclic) bond motifs is 1. The molecule has 7 nitrogen and oxygen atoms in total. The Morgan fingerprint density at radius 3 is 2.67 bits per heavy atom. The molecule has 2 heterocycles. The van der Waals surface area contributed by atoms with E-state index < -0.39 is 0 Å². The van der Waals surface area contributed by atoms with Crippen LogP contribution < -0.4 is 14.8 Å². The van der Waals surface area contributed by atoms with Crippen LogP contribution in [0.2, 0.25) is 0 Å². The van der Waals surface area contributed by atoms with Crippen molar-refractivity contribution in [3.63, 3.8) is 0 Å². The van der Waals surface area contributed by atoms with Gasteiger partial charge in [0.05, 0.1) is 6.54 Å². The monoisotopic (exact) mass is 389 g/mol. The highest BCUT2D eigenvalue weighted by atomic mass is 32.1. The molecule has 2 amide bonds. The van der Waals surface area contributed by atoms with Crippen molar-refractivity contribution in [3.8, 4) is 11.5 Å². The lowest BCUT2D eigenvalue weighted by atomic mass is 10.1. The first kappa shape index (κ1) is 19.2. The molecule has 1 aliphatic rings. The maximum Gasteiger partial charge on any atom is 0.270 e. The molecule has 0 radical (unpaired) electrons. The number of amides is 2. The molecule has 144 valence electrons. The van der Waals surface area contributed by atoms with Gasteiger partial charge in [-0.2, -0.15) is 0 Å². The molecule has 1 aromatic heterocycles. The first-order chi connectivity index (χ1) is 12.8. The number of nitrogens with zero attached hydrogens (tertiary/aromatic N) is 2. The van der Waals surface area contributed by atoms with Crippen LogP contribution in [0.4, 0.5) is 0 Å². The number of carbonyl (C=O) groups excluding carboxylic acids is 2. The first-order valence-corrected chi connectivity index (χ1v) is 9.69. The van der Waals surface area contributed by atoms with Crippen LogP contribution in [-0.4, -0.2) is 40.6 Å². The fourth-order valence-electron chi connectivity index (χ4n) is 2.65. The summed E-state index contributed by atoms with van der Waals surface area (Å²) in [6.45, 7) is 8.20. The summed E-state index contributed by atoms with van der Waals surface area (Å²) in [5, 5.41) is 5.25. The van der Waals surface area contributed by atoms with Crippen LogP contribution in [0.3, 0.4) is 0 Å². The smallest absolute Gasteiger partial charge is 0.270 e. The number of carbonyl (C=O) groups is 2. The second-order valence-corrected chi connectivity index (χ2v) is 7.79. The summed E-state index contributed by atoms with van der Waals surface area (Å²) in [6, 6.07) is 5.19. The molecule has 0 unspecified atom stereocenters. The van der Waals surface area contributed by atoms with E-state index in [1.807, 2.05) is 27.7 Å². The quantitative estimate of drug-likeness (QED) is 0.821. The number of benzene rings is 1. The largest absolute Gasteiger partial charge is 0.454 e. The number of nitrogens with one attached hydrogen (secondary N) is 1. The van der Waals surface area contributed by atoms with Crippen LogP contribution in [0.1, 0.15) is 53.5 Å². The van der Waals surface area contributed by atoms with E-state index in [0.717, 1.165) is 0 Å². The van der Waals surface area contributed by atoms with Gasteiger partial charge in [-0.05, 0) is 45.9 Å². The highest BCUT2D eigenvalue weighted by Gasteiger charge is 2.24. The second kappa shape index (κ2) is 7.96. The Hall–Kier alpha value is -2.61. The van der Waals surface area contributed by atoms with Gasteiger partial charge < -0.3 is 19.7 Å². The van der Waals surface area contributed by atoms with Gasteiger partial charge in [0.25, 0.3) is 11.8 Å². The summed E-state index contributed by atoms with van der Waals surface area (Å²) in [5.74, 6) is 0.896. The Labute approximate surface area is 162 Å². The number of hydrogen-bond donors (Lipinski definition) is 1. The number of ether oxygens (including phenoxy) is 2.